The summed E-state index contributed by atoms with van der Waals surface area (Å²) in [6.07, 6.45) is 9.40. The maximum atomic E-state index is 11.5. The number of ether oxygens (including phenoxy) is 2. The van der Waals surface area contributed by atoms with Crippen LogP contribution >= 0.6 is 0 Å². The highest BCUT2D eigenvalue weighted by atomic mass is 16.5. The predicted molar refractivity (Wildman–Crippen MR) is 136 cm³/mol. The van der Waals surface area contributed by atoms with E-state index in [9.17, 15) is 9.59 Å². The molecule has 0 radical (unpaired) electrons. The Hall–Kier alpha value is -4.46. The monoisotopic (exact) mass is 484 g/mol. The summed E-state index contributed by atoms with van der Waals surface area (Å²) in [5.41, 5.74) is 5.12. The van der Waals surface area contributed by atoms with Gasteiger partial charge in [-0.1, -0.05) is 0 Å². The van der Waals surface area contributed by atoms with Crippen molar-refractivity contribution in [1.82, 2.24) is 19.9 Å². The smallest absolute Gasteiger partial charge is 0.237 e. The minimum atomic E-state index is 0.0658. The first-order valence-electron chi connectivity index (χ1n) is 11.3. The van der Waals surface area contributed by atoms with Crippen LogP contribution < -0.4 is 9.47 Å². The van der Waals surface area contributed by atoms with Crippen molar-refractivity contribution in [3.05, 3.63) is 94.8 Å². The second-order valence-corrected chi connectivity index (χ2v) is 8.27. The Labute approximate surface area is 210 Å². The zero-order valence-electron chi connectivity index (χ0n) is 21.2. The highest BCUT2D eigenvalue weighted by molar-refractivity contribution is 5.97. The summed E-state index contributed by atoms with van der Waals surface area (Å²) >= 11 is 0. The van der Waals surface area contributed by atoms with Gasteiger partial charge in [-0.3, -0.25) is 19.6 Å². The van der Waals surface area contributed by atoms with Crippen molar-refractivity contribution in [3.8, 4) is 23.3 Å². The minimum absolute atomic E-state index is 0.0658. The Morgan fingerprint density at radius 2 is 0.917 bits per heavy atom. The molecule has 0 aliphatic rings. The molecule has 36 heavy (non-hydrogen) atoms. The lowest BCUT2D eigenvalue weighted by Gasteiger charge is -2.10. The Bertz CT molecular complexity index is 1220. The Kier molecular flexibility index (Phi) is 8.57. The molecule has 2 aromatic heterocycles. The summed E-state index contributed by atoms with van der Waals surface area (Å²) in [5.74, 6) is 2.33. The summed E-state index contributed by atoms with van der Waals surface area (Å²) < 4.78 is 11.2. The van der Waals surface area contributed by atoms with Gasteiger partial charge in [0, 0.05) is 35.9 Å². The van der Waals surface area contributed by atoms with Crippen LogP contribution in [-0.4, -0.2) is 31.5 Å². The number of rotatable bonds is 6. The maximum Gasteiger partial charge on any atom is 0.237 e. The SMILES string of the molecule is CC(=O)c1c(C)cc(Oc2cnccn2)cc1C.CC(=O)c1c(C)cc(Oc2cnccn2)cc1C. The van der Waals surface area contributed by atoms with E-state index < -0.39 is 0 Å². The fourth-order valence-corrected chi connectivity index (χ4v) is 3.99. The molecule has 0 saturated carbocycles. The van der Waals surface area contributed by atoms with E-state index in [1.807, 2.05) is 52.0 Å². The molecular formula is C28H28N4O4. The van der Waals surface area contributed by atoms with Gasteiger partial charge in [0.05, 0.1) is 12.4 Å². The van der Waals surface area contributed by atoms with Crippen LogP contribution in [0.1, 0.15) is 56.8 Å². The number of ketones is 2. The van der Waals surface area contributed by atoms with Crippen LogP contribution in [0.4, 0.5) is 0 Å². The predicted octanol–water partition coefficient (Wildman–Crippen LogP) is 6.18. The molecular weight excluding hydrogens is 456 g/mol. The molecule has 4 rings (SSSR count). The summed E-state index contributed by atoms with van der Waals surface area (Å²) in [6, 6.07) is 7.33. The van der Waals surface area contributed by atoms with Gasteiger partial charge in [0.15, 0.2) is 11.6 Å². The molecule has 0 N–H and O–H groups in total. The van der Waals surface area contributed by atoms with Gasteiger partial charge in [0.2, 0.25) is 11.8 Å². The van der Waals surface area contributed by atoms with Crippen molar-refractivity contribution >= 4 is 11.6 Å². The Balaban J connectivity index is 0.000000201. The summed E-state index contributed by atoms with van der Waals surface area (Å²) in [5, 5.41) is 0. The van der Waals surface area contributed by atoms with Crippen molar-refractivity contribution in [2.75, 3.05) is 0 Å². The lowest BCUT2D eigenvalue weighted by molar-refractivity contribution is 0.100. The van der Waals surface area contributed by atoms with Gasteiger partial charge in [-0.05, 0) is 88.1 Å². The number of nitrogens with zero attached hydrogens (tertiary/aromatic N) is 4. The van der Waals surface area contributed by atoms with E-state index in [0.717, 1.165) is 33.4 Å². The van der Waals surface area contributed by atoms with Crippen LogP contribution in [0.25, 0.3) is 0 Å². The van der Waals surface area contributed by atoms with E-state index in [2.05, 4.69) is 19.9 Å². The molecule has 0 spiro atoms. The Morgan fingerprint density at radius 1 is 0.583 bits per heavy atom. The van der Waals surface area contributed by atoms with E-state index in [1.54, 1.807) is 51.0 Å². The van der Waals surface area contributed by atoms with Crippen molar-refractivity contribution in [2.24, 2.45) is 0 Å². The van der Waals surface area contributed by atoms with Gasteiger partial charge < -0.3 is 9.47 Å². The summed E-state index contributed by atoms with van der Waals surface area (Å²) in [7, 11) is 0. The van der Waals surface area contributed by atoms with Crippen molar-refractivity contribution in [3.63, 3.8) is 0 Å². The van der Waals surface area contributed by atoms with E-state index in [4.69, 9.17) is 9.47 Å². The third-order valence-electron chi connectivity index (χ3n) is 5.24. The molecule has 4 aromatic rings. The number of carbonyl (C=O) groups is 2. The molecule has 0 amide bonds. The summed E-state index contributed by atoms with van der Waals surface area (Å²) in [4.78, 5) is 38.9. The zero-order valence-corrected chi connectivity index (χ0v) is 21.2. The highest BCUT2D eigenvalue weighted by Gasteiger charge is 2.11. The molecule has 0 unspecified atom stereocenters. The van der Waals surface area contributed by atoms with Crippen LogP contribution in [0.3, 0.4) is 0 Å². The fourth-order valence-electron chi connectivity index (χ4n) is 3.99. The number of aromatic nitrogens is 4. The van der Waals surface area contributed by atoms with Crippen LogP contribution in [0, 0.1) is 27.7 Å². The number of carbonyl (C=O) groups excluding carboxylic acids is 2. The van der Waals surface area contributed by atoms with Gasteiger partial charge >= 0.3 is 0 Å². The fraction of sp³-hybridized carbons (Fsp3) is 0.214. The lowest BCUT2D eigenvalue weighted by atomic mass is 9.99. The summed E-state index contributed by atoms with van der Waals surface area (Å²) in [6.45, 7) is 10.7. The van der Waals surface area contributed by atoms with Crippen molar-refractivity contribution in [2.45, 2.75) is 41.5 Å². The van der Waals surface area contributed by atoms with Crippen molar-refractivity contribution < 1.29 is 19.1 Å². The third-order valence-corrected chi connectivity index (χ3v) is 5.24. The number of Topliss-reactive ketones (excluding diaryl/α,β-unsaturated/α-hetero) is 2. The van der Waals surface area contributed by atoms with Gasteiger partial charge in [-0.15, -0.1) is 0 Å². The Morgan fingerprint density at radius 3 is 1.17 bits per heavy atom. The van der Waals surface area contributed by atoms with E-state index in [1.165, 1.54) is 0 Å². The molecule has 0 aliphatic heterocycles. The number of aryl methyl sites for hydroxylation is 4. The van der Waals surface area contributed by atoms with Gasteiger partial charge in [-0.2, -0.15) is 0 Å². The standard InChI is InChI=1S/2C14H14N2O2/c2*1-9-6-12(7-10(2)14(9)11(3)17)18-13-8-15-4-5-16-13/h2*4-8H,1-3H3. The largest absolute Gasteiger partial charge is 0.437 e. The molecule has 0 atom stereocenters. The van der Waals surface area contributed by atoms with E-state index >= 15 is 0 Å². The second-order valence-electron chi connectivity index (χ2n) is 8.27. The van der Waals surface area contributed by atoms with Gasteiger partial charge in [-0.25, -0.2) is 9.97 Å². The first kappa shape index (κ1) is 26.2. The first-order valence-corrected chi connectivity index (χ1v) is 11.3. The van der Waals surface area contributed by atoms with Crippen molar-refractivity contribution in [1.29, 1.82) is 0 Å². The molecule has 0 bridgehead atoms. The third kappa shape index (κ3) is 6.79. The lowest BCUT2D eigenvalue weighted by Crippen LogP contribution is -2.00. The van der Waals surface area contributed by atoms with Gasteiger partial charge in [0.1, 0.15) is 11.5 Å². The number of hydrogen-bond donors (Lipinski definition) is 0. The average Bonchev–Trinajstić information content (AvgIpc) is 2.79. The quantitative estimate of drug-likeness (QED) is 0.299. The molecule has 2 aromatic carbocycles. The number of hydrogen-bond acceptors (Lipinski definition) is 8. The van der Waals surface area contributed by atoms with Crippen LogP contribution in [0.2, 0.25) is 0 Å². The van der Waals surface area contributed by atoms with Gasteiger partial charge in [0.25, 0.3) is 0 Å². The number of benzene rings is 2. The normalized spacial score (nSPS) is 10.2. The molecule has 8 nitrogen and oxygen atoms in total. The molecule has 0 fully saturated rings. The molecule has 0 saturated heterocycles. The zero-order chi connectivity index (χ0) is 26.2. The maximum absolute atomic E-state index is 11.5. The molecule has 8 heteroatoms. The van der Waals surface area contributed by atoms with E-state index in [-0.39, 0.29) is 11.6 Å². The van der Waals surface area contributed by atoms with Crippen LogP contribution in [-0.2, 0) is 0 Å². The minimum Gasteiger partial charge on any atom is -0.437 e. The average molecular weight is 485 g/mol. The highest BCUT2D eigenvalue weighted by Crippen LogP contribution is 2.26. The van der Waals surface area contributed by atoms with E-state index in [0.29, 0.717) is 23.3 Å². The topological polar surface area (TPSA) is 104 Å². The second kappa shape index (κ2) is 11.8. The molecule has 184 valence electrons. The molecule has 2 heterocycles. The van der Waals surface area contributed by atoms with Crippen LogP contribution in [0.15, 0.2) is 61.4 Å². The van der Waals surface area contributed by atoms with Crippen LogP contribution in [0.5, 0.6) is 23.3 Å². The first-order chi connectivity index (χ1) is 17.2. The molecule has 0 aliphatic carbocycles.